The zero-order valence-electron chi connectivity index (χ0n) is 50.0. The molecule has 0 heterocycles. The summed E-state index contributed by atoms with van der Waals surface area (Å²) in [6.45, 7) is 6.97. The minimum Gasteiger partial charge on any atom is -0.456 e. The van der Waals surface area contributed by atoms with Gasteiger partial charge in [0.2, 0.25) is 5.91 Å². The molecule has 0 fully saturated rings. The van der Waals surface area contributed by atoms with E-state index in [1.54, 1.807) is 0 Å². The number of phosphoric acid groups is 1. The van der Waals surface area contributed by atoms with Gasteiger partial charge in [-0.15, -0.1) is 0 Å². The normalized spacial score (nSPS) is 14.1. The Morgan fingerprint density at radius 2 is 0.853 bits per heavy atom. The molecule has 3 unspecified atom stereocenters. The SMILES string of the molecule is CCCCC/C=C\C/C=C\CCCCCCCCCCCCCC(=O)NC(COP(=O)(O)OCC[N+](C)(C)C)C(/C=C\CCCCCCCCCCCCC)OC(=O)CCCCCCCC/C=C/C=C/CCCCC. The number of nitrogens with one attached hydrogen (secondary N) is 1. The molecule has 2 N–H and O–H groups in total. The number of carbonyl (C=O) groups excluding carboxylic acids is 2. The Kier molecular flexibility index (Phi) is 53.4. The van der Waals surface area contributed by atoms with Crippen LogP contribution in [0.1, 0.15) is 290 Å². The highest BCUT2D eigenvalue weighted by molar-refractivity contribution is 7.47. The lowest BCUT2D eigenvalue weighted by atomic mass is 10.0. The lowest BCUT2D eigenvalue weighted by molar-refractivity contribution is -0.870. The highest BCUT2D eigenvalue weighted by Crippen LogP contribution is 2.43. The van der Waals surface area contributed by atoms with Crippen molar-refractivity contribution >= 4 is 19.7 Å². The molecule has 0 radical (unpaired) electrons. The number of nitrogens with zero attached hydrogens (tertiary/aromatic N) is 1. The third kappa shape index (κ3) is 56.2. The van der Waals surface area contributed by atoms with Gasteiger partial charge in [0.25, 0.3) is 0 Å². The van der Waals surface area contributed by atoms with Gasteiger partial charge < -0.3 is 19.4 Å². The Bertz CT molecular complexity index is 1470. The molecule has 0 saturated heterocycles. The average Bonchev–Trinajstić information content (AvgIpc) is 3.37. The van der Waals surface area contributed by atoms with E-state index in [9.17, 15) is 19.0 Å². The zero-order valence-corrected chi connectivity index (χ0v) is 50.9. The second-order valence-corrected chi connectivity index (χ2v) is 24.1. The molecular weight excluding hydrogens is 952 g/mol. The van der Waals surface area contributed by atoms with Crippen LogP contribution < -0.4 is 5.32 Å². The van der Waals surface area contributed by atoms with Crippen LogP contribution in [0.5, 0.6) is 0 Å². The molecular formula is C65H122N2O7P+. The highest BCUT2D eigenvalue weighted by atomic mass is 31.2. The van der Waals surface area contributed by atoms with E-state index >= 15 is 0 Å². The summed E-state index contributed by atoms with van der Waals surface area (Å²) < 4.78 is 30.7. The molecule has 0 spiro atoms. The summed E-state index contributed by atoms with van der Waals surface area (Å²) in [7, 11) is 1.49. The van der Waals surface area contributed by atoms with Crippen molar-refractivity contribution < 1.29 is 37.3 Å². The van der Waals surface area contributed by atoms with Gasteiger partial charge in [0, 0.05) is 12.8 Å². The van der Waals surface area contributed by atoms with Crippen LogP contribution in [0.2, 0.25) is 0 Å². The number of unbranched alkanes of at least 4 members (excludes halogenated alkanes) is 34. The molecule has 3 atom stereocenters. The molecule has 0 rings (SSSR count). The fourth-order valence-corrected chi connectivity index (χ4v) is 9.76. The van der Waals surface area contributed by atoms with Gasteiger partial charge in [-0.05, 0) is 89.5 Å². The maximum absolute atomic E-state index is 13.6. The van der Waals surface area contributed by atoms with Crippen LogP contribution >= 0.6 is 7.82 Å². The van der Waals surface area contributed by atoms with Crippen molar-refractivity contribution in [2.45, 2.75) is 303 Å². The summed E-state index contributed by atoms with van der Waals surface area (Å²) in [6, 6.07) is -0.855. The van der Waals surface area contributed by atoms with Gasteiger partial charge in [-0.2, -0.15) is 0 Å². The summed E-state index contributed by atoms with van der Waals surface area (Å²) in [6.07, 6.45) is 69.2. The largest absolute Gasteiger partial charge is 0.472 e. The van der Waals surface area contributed by atoms with Crippen molar-refractivity contribution in [1.82, 2.24) is 5.32 Å². The van der Waals surface area contributed by atoms with E-state index in [4.69, 9.17) is 13.8 Å². The predicted octanol–water partition coefficient (Wildman–Crippen LogP) is 19.4. The maximum Gasteiger partial charge on any atom is 0.472 e. The molecule has 0 aromatic rings. The number of hydrogen-bond acceptors (Lipinski definition) is 6. The number of phosphoric ester groups is 1. The van der Waals surface area contributed by atoms with Crippen molar-refractivity contribution in [3.8, 4) is 0 Å². The summed E-state index contributed by atoms with van der Waals surface area (Å²) in [5.74, 6) is -0.515. The van der Waals surface area contributed by atoms with E-state index in [0.717, 1.165) is 83.5 Å². The molecule has 0 saturated carbocycles. The highest BCUT2D eigenvalue weighted by Gasteiger charge is 2.30. The molecule has 1 amide bonds. The molecule has 0 aliphatic rings. The minimum absolute atomic E-state index is 0.0371. The molecule has 438 valence electrons. The molecule has 9 nitrogen and oxygen atoms in total. The second kappa shape index (κ2) is 55.0. The zero-order chi connectivity index (χ0) is 55.0. The molecule has 0 aliphatic heterocycles. The van der Waals surface area contributed by atoms with Crippen LogP contribution in [0, 0.1) is 0 Å². The Labute approximate surface area is 464 Å². The molecule has 10 heteroatoms. The van der Waals surface area contributed by atoms with Crippen LogP contribution in [0.15, 0.2) is 60.8 Å². The summed E-state index contributed by atoms with van der Waals surface area (Å²) in [5, 5.41) is 3.06. The Morgan fingerprint density at radius 3 is 1.31 bits per heavy atom. The lowest BCUT2D eigenvalue weighted by Gasteiger charge is -2.27. The predicted molar refractivity (Wildman–Crippen MR) is 323 cm³/mol. The van der Waals surface area contributed by atoms with Gasteiger partial charge in [-0.25, -0.2) is 4.57 Å². The van der Waals surface area contributed by atoms with Crippen LogP contribution in [0.3, 0.4) is 0 Å². The smallest absolute Gasteiger partial charge is 0.456 e. The quantitative estimate of drug-likeness (QED) is 0.0156. The second-order valence-electron chi connectivity index (χ2n) is 22.6. The summed E-state index contributed by atoms with van der Waals surface area (Å²) in [5.41, 5.74) is 0. The van der Waals surface area contributed by atoms with Crippen molar-refractivity contribution in [3.63, 3.8) is 0 Å². The van der Waals surface area contributed by atoms with Gasteiger partial charge in [0.1, 0.15) is 19.3 Å². The Hall–Kier alpha value is -2.29. The van der Waals surface area contributed by atoms with E-state index in [1.807, 2.05) is 33.3 Å². The van der Waals surface area contributed by atoms with Crippen molar-refractivity contribution in [2.75, 3.05) is 40.9 Å². The van der Waals surface area contributed by atoms with Gasteiger partial charge in [-0.1, -0.05) is 249 Å². The number of rotatable bonds is 57. The van der Waals surface area contributed by atoms with Crippen LogP contribution in [-0.4, -0.2) is 74.3 Å². The maximum atomic E-state index is 13.6. The summed E-state index contributed by atoms with van der Waals surface area (Å²) in [4.78, 5) is 37.7. The van der Waals surface area contributed by atoms with E-state index in [2.05, 4.69) is 74.7 Å². The van der Waals surface area contributed by atoms with E-state index < -0.39 is 20.0 Å². The number of hydrogen-bond donors (Lipinski definition) is 2. The van der Waals surface area contributed by atoms with E-state index in [0.29, 0.717) is 17.4 Å². The molecule has 0 aromatic carbocycles. The topological polar surface area (TPSA) is 111 Å². The molecule has 0 aliphatic carbocycles. The van der Waals surface area contributed by atoms with Gasteiger partial charge in [-0.3, -0.25) is 18.6 Å². The first kappa shape index (κ1) is 72.7. The number of carbonyl (C=O) groups is 2. The van der Waals surface area contributed by atoms with Crippen molar-refractivity contribution in [3.05, 3.63) is 60.8 Å². The van der Waals surface area contributed by atoms with Gasteiger partial charge >= 0.3 is 13.8 Å². The van der Waals surface area contributed by atoms with Gasteiger partial charge in [0.05, 0.1) is 33.8 Å². The number of amides is 1. The van der Waals surface area contributed by atoms with Crippen LogP contribution in [-0.2, 0) is 27.9 Å². The van der Waals surface area contributed by atoms with Crippen LogP contribution in [0.25, 0.3) is 0 Å². The Balaban J connectivity index is 5.25. The van der Waals surface area contributed by atoms with Crippen molar-refractivity contribution in [1.29, 1.82) is 0 Å². The lowest BCUT2D eigenvalue weighted by Crippen LogP contribution is -2.47. The molecule has 0 bridgehead atoms. The fourth-order valence-electron chi connectivity index (χ4n) is 9.02. The first-order valence-electron chi connectivity index (χ1n) is 31.6. The number of allylic oxidation sites excluding steroid dienone is 9. The standard InChI is InChI=1S/C65H121N2O7P/c1-7-10-13-16-19-22-25-28-30-31-32-33-34-35-37-39-42-45-48-51-54-57-64(68)66-62(61-73-75(70,71)72-60-59-67(4,5)6)63(56-53-50-47-44-41-38-27-24-21-18-15-12-9-3)74-65(69)58-55-52-49-46-43-40-36-29-26-23-20-17-14-11-8-2/h19-20,22-23,26,28-30,53,56,62-63H,7-18,21,24-25,27,31-52,54-55,57-61H2,1-6H3,(H-,66,68,70,71)/p+1/b22-19-,23-20+,29-26+,30-28-,56-53-. The summed E-state index contributed by atoms with van der Waals surface area (Å²) >= 11 is 0. The van der Waals surface area contributed by atoms with Crippen molar-refractivity contribution in [2.24, 2.45) is 0 Å². The average molecular weight is 1070 g/mol. The third-order valence-corrected chi connectivity index (χ3v) is 14.9. The Morgan fingerprint density at radius 1 is 0.480 bits per heavy atom. The monoisotopic (exact) mass is 1070 g/mol. The third-order valence-electron chi connectivity index (χ3n) is 14.0. The van der Waals surface area contributed by atoms with Gasteiger partial charge in [0.15, 0.2) is 0 Å². The molecule has 0 aromatic heterocycles. The fraction of sp³-hybridized carbons (Fsp3) is 0.815. The minimum atomic E-state index is -4.45. The molecule has 75 heavy (non-hydrogen) atoms. The number of ether oxygens (including phenoxy) is 1. The number of likely N-dealkylation sites (N-methyl/N-ethyl adjacent to an activating group) is 1. The van der Waals surface area contributed by atoms with E-state index in [1.165, 1.54) is 173 Å². The first-order chi connectivity index (χ1) is 36.4. The number of quaternary nitrogens is 1. The number of esters is 1. The van der Waals surface area contributed by atoms with E-state index in [-0.39, 0.29) is 31.5 Å². The first-order valence-corrected chi connectivity index (χ1v) is 33.1. The van der Waals surface area contributed by atoms with Crippen LogP contribution in [0.4, 0.5) is 0 Å².